The molecule has 0 atom stereocenters. The summed E-state index contributed by atoms with van der Waals surface area (Å²) in [5.74, 6) is -0.0258. The Morgan fingerprint density at radius 2 is 2.19 bits per heavy atom. The first-order valence-corrected chi connectivity index (χ1v) is 7.38. The van der Waals surface area contributed by atoms with Crippen molar-refractivity contribution in [1.82, 2.24) is 4.98 Å². The number of aromatic carboxylic acids is 1. The van der Waals surface area contributed by atoms with E-state index < -0.39 is 5.97 Å². The summed E-state index contributed by atoms with van der Waals surface area (Å²) in [4.78, 5) is 15.6. The zero-order valence-electron chi connectivity index (χ0n) is 11.8. The molecule has 112 valence electrons. The average molecular weight is 328 g/mol. The van der Waals surface area contributed by atoms with E-state index in [0.717, 1.165) is 11.3 Å². The molecule has 0 saturated carbocycles. The highest BCUT2D eigenvalue weighted by Crippen LogP contribution is 2.40. The summed E-state index contributed by atoms with van der Waals surface area (Å²) in [5, 5.41) is 10.1. The number of thiazole rings is 1. The number of methoxy groups -OCH3 is 1. The molecule has 0 radical (unpaired) electrons. The number of nitrogens with zero attached hydrogens (tertiary/aromatic N) is 1. The number of rotatable bonds is 5. The van der Waals surface area contributed by atoms with Gasteiger partial charge in [-0.2, -0.15) is 0 Å². The number of carbonyl (C=O) groups is 1. The lowest BCUT2D eigenvalue weighted by atomic mass is 10.2. The van der Waals surface area contributed by atoms with Crippen molar-refractivity contribution in [2.45, 2.75) is 13.8 Å². The third-order valence-electron chi connectivity index (χ3n) is 2.75. The zero-order chi connectivity index (χ0) is 15.6. The Kier molecular flexibility index (Phi) is 4.69. The van der Waals surface area contributed by atoms with E-state index >= 15 is 0 Å². The minimum atomic E-state index is -0.985. The predicted octanol–water partition coefficient (Wildman–Crippen LogP) is 3.88. The summed E-state index contributed by atoms with van der Waals surface area (Å²) in [6.45, 7) is 3.99. The molecular weight excluding hydrogens is 314 g/mol. The van der Waals surface area contributed by atoms with E-state index in [1.54, 1.807) is 19.1 Å². The Bertz CT molecular complexity index is 684. The topological polar surface area (TPSA) is 68.7 Å². The summed E-state index contributed by atoms with van der Waals surface area (Å²) in [6.07, 6.45) is 0. The van der Waals surface area contributed by atoms with Crippen LogP contribution in [-0.2, 0) is 0 Å². The van der Waals surface area contributed by atoms with Crippen molar-refractivity contribution in [2.24, 2.45) is 0 Å². The number of halogens is 1. The summed E-state index contributed by atoms with van der Waals surface area (Å²) >= 11 is 7.29. The maximum atomic E-state index is 11.1. The van der Waals surface area contributed by atoms with Gasteiger partial charge in [-0.1, -0.05) is 11.6 Å². The highest BCUT2D eigenvalue weighted by atomic mass is 35.5. The number of carboxylic acids is 1. The zero-order valence-corrected chi connectivity index (χ0v) is 13.3. The van der Waals surface area contributed by atoms with Gasteiger partial charge in [0.2, 0.25) is 0 Å². The molecular formula is C14H14ClNO4S. The van der Waals surface area contributed by atoms with Gasteiger partial charge in [0.05, 0.1) is 24.4 Å². The summed E-state index contributed by atoms with van der Waals surface area (Å²) in [6, 6.07) is 3.44. The third-order valence-corrected chi connectivity index (χ3v) is 4.23. The molecule has 5 nitrogen and oxygen atoms in total. The third kappa shape index (κ3) is 3.11. The van der Waals surface area contributed by atoms with Crippen molar-refractivity contribution in [1.29, 1.82) is 0 Å². The molecule has 0 amide bonds. The molecule has 0 saturated heterocycles. The van der Waals surface area contributed by atoms with E-state index in [4.69, 9.17) is 26.2 Å². The number of ether oxygens (including phenoxy) is 2. The smallest absolute Gasteiger partial charge is 0.347 e. The van der Waals surface area contributed by atoms with Crippen LogP contribution in [0.2, 0.25) is 5.02 Å². The molecule has 21 heavy (non-hydrogen) atoms. The van der Waals surface area contributed by atoms with Crippen molar-refractivity contribution in [3.05, 3.63) is 27.7 Å². The molecule has 2 aromatic rings. The second-order valence-electron chi connectivity index (χ2n) is 4.16. The minimum Gasteiger partial charge on any atom is -0.491 e. The van der Waals surface area contributed by atoms with E-state index in [1.807, 2.05) is 6.92 Å². The highest BCUT2D eigenvalue weighted by molar-refractivity contribution is 7.17. The fraction of sp³-hybridized carbons (Fsp3) is 0.286. The summed E-state index contributed by atoms with van der Waals surface area (Å²) < 4.78 is 10.7. The number of hydrogen-bond donors (Lipinski definition) is 1. The number of aromatic nitrogens is 1. The normalized spacial score (nSPS) is 10.5. The molecule has 0 unspecified atom stereocenters. The first-order valence-electron chi connectivity index (χ1n) is 6.19. The van der Waals surface area contributed by atoms with Gasteiger partial charge in [-0.15, -0.1) is 11.3 Å². The molecule has 0 spiro atoms. The lowest BCUT2D eigenvalue weighted by Gasteiger charge is -2.12. The van der Waals surface area contributed by atoms with Gasteiger partial charge in [-0.3, -0.25) is 0 Å². The Balaban J connectivity index is 2.54. The SMILES string of the molecule is CCOc1cc(-c2nc(C)c(C(=O)O)s2)cc(Cl)c1OC. The van der Waals surface area contributed by atoms with Gasteiger partial charge >= 0.3 is 5.97 Å². The molecule has 0 fully saturated rings. The second-order valence-corrected chi connectivity index (χ2v) is 5.57. The lowest BCUT2D eigenvalue weighted by molar-refractivity contribution is 0.0701. The van der Waals surface area contributed by atoms with Crippen molar-refractivity contribution in [3.8, 4) is 22.1 Å². The number of hydrogen-bond acceptors (Lipinski definition) is 5. The summed E-state index contributed by atoms with van der Waals surface area (Å²) in [5.41, 5.74) is 1.18. The standard InChI is InChI=1S/C14H14ClNO4S/c1-4-20-10-6-8(5-9(15)11(10)19-3)13-16-7(2)12(21-13)14(17)18/h5-6H,4H2,1-3H3,(H,17,18). The second kappa shape index (κ2) is 6.32. The van der Waals surface area contributed by atoms with Gasteiger partial charge in [0, 0.05) is 5.56 Å². The van der Waals surface area contributed by atoms with E-state index in [2.05, 4.69) is 4.98 Å². The fourth-order valence-corrected chi connectivity index (χ4v) is 3.05. The maximum Gasteiger partial charge on any atom is 0.347 e. The van der Waals surface area contributed by atoms with Gasteiger partial charge in [0.25, 0.3) is 0 Å². The molecule has 1 aromatic heterocycles. The van der Waals surface area contributed by atoms with Crippen molar-refractivity contribution < 1.29 is 19.4 Å². The molecule has 1 aromatic carbocycles. The Morgan fingerprint density at radius 1 is 1.48 bits per heavy atom. The Hall–Kier alpha value is -1.79. The predicted molar refractivity (Wildman–Crippen MR) is 82.0 cm³/mol. The van der Waals surface area contributed by atoms with E-state index in [1.165, 1.54) is 7.11 Å². The molecule has 2 rings (SSSR count). The Morgan fingerprint density at radius 3 is 2.71 bits per heavy atom. The fourth-order valence-electron chi connectivity index (χ4n) is 1.87. The van der Waals surface area contributed by atoms with Crippen LogP contribution in [0, 0.1) is 6.92 Å². The maximum absolute atomic E-state index is 11.1. The highest BCUT2D eigenvalue weighted by Gasteiger charge is 2.18. The first kappa shape index (κ1) is 15.6. The minimum absolute atomic E-state index is 0.218. The van der Waals surface area contributed by atoms with E-state index in [9.17, 15) is 4.79 Å². The van der Waals surface area contributed by atoms with Crippen LogP contribution in [0.15, 0.2) is 12.1 Å². The largest absolute Gasteiger partial charge is 0.491 e. The van der Waals surface area contributed by atoms with Crippen LogP contribution in [0.5, 0.6) is 11.5 Å². The molecule has 1 N–H and O–H groups in total. The van der Waals surface area contributed by atoms with Crippen LogP contribution >= 0.6 is 22.9 Å². The van der Waals surface area contributed by atoms with Crippen molar-refractivity contribution in [3.63, 3.8) is 0 Å². The molecule has 0 aliphatic carbocycles. The number of benzene rings is 1. The Labute approximate surface area is 131 Å². The van der Waals surface area contributed by atoms with Crippen LogP contribution < -0.4 is 9.47 Å². The molecule has 7 heteroatoms. The molecule has 0 bridgehead atoms. The van der Waals surface area contributed by atoms with Crippen molar-refractivity contribution >= 4 is 28.9 Å². The summed E-state index contributed by atoms with van der Waals surface area (Å²) in [7, 11) is 1.51. The van der Waals surface area contributed by atoms with E-state index in [-0.39, 0.29) is 4.88 Å². The van der Waals surface area contributed by atoms with Crippen molar-refractivity contribution in [2.75, 3.05) is 13.7 Å². The quantitative estimate of drug-likeness (QED) is 0.902. The van der Waals surface area contributed by atoms with Gasteiger partial charge in [0.15, 0.2) is 11.5 Å². The van der Waals surface area contributed by atoms with Crippen LogP contribution in [0.4, 0.5) is 0 Å². The molecule has 0 aliphatic heterocycles. The molecule has 0 aliphatic rings. The van der Waals surface area contributed by atoms with E-state index in [0.29, 0.717) is 39.4 Å². The van der Waals surface area contributed by atoms with Crippen LogP contribution in [0.1, 0.15) is 22.3 Å². The average Bonchev–Trinajstić information content (AvgIpc) is 2.81. The van der Waals surface area contributed by atoms with Gasteiger partial charge in [-0.05, 0) is 26.0 Å². The van der Waals surface area contributed by atoms with Crippen LogP contribution in [0.25, 0.3) is 10.6 Å². The van der Waals surface area contributed by atoms with Crippen LogP contribution in [0.3, 0.4) is 0 Å². The van der Waals surface area contributed by atoms with Crippen LogP contribution in [-0.4, -0.2) is 29.8 Å². The molecule has 1 heterocycles. The monoisotopic (exact) mass is 327 g/mol. The van der Waals surface area contributed by atoms with Gasteiger partial charge in [-0.25, -0.2) is 9.78 Å². The number of aryl methyl sites for hydroxylation is 1. The first-order chi connectivity index (χ1) is 9.97. The lowest BCUT2D eigenvalue weighted by Crippen LogP contribution is -1.96. The van der Waals surface area contributed by atoms with Gasteiger partial charge < -0.3 is 14.6 Å². The van der Waals surface area contributed by atoms with Gasteiger partial charge in [0.1, 0.15) is 9.88 Å². The number of carboxylic acid groups (broad SMARTS) is 1.